The van der Waals surface area contributed by atoms with Crippen LogP contribution in [0.2, 0.25) is 5.02 Å². The van der Waals surface area contributed by atoms with Crippen LogP contribution in [0.25, 0.3) is 0 Å². The standard InChI is InChI=1S/C19H20ClNO2/c1-23-17-5-2-4-14(12-17)13-19(22)21-11-3-6-18(21)15-7-9-16(20)10-8-15/h2,4-5,7-10,12,18H,3,6,11,13H2,1H3/t18-/m1/s1. The molecule has 3 rings (SSSR count). The van der Waals surface area contributed by atoms with Crippen LogP contribution in [0.4, 0.5) is 0 Å². The fourth-order valence-electron chi connectivity index (χ4n) is 3.16. The van der Waals surface area contributed by atoms with E-state index in [-0.39, 0.29) is 11.9 Å². The Bertz CT molecular complexity index is 684. The van der Waals surface area contributed by atoms with Crippen LogP contribution in [-0.4, -0.2) is 24.5 Å². The number of ether oxygens (including phenoxy) is 1. The third-order valence-electron chi connectivity index (χ3n) is 4.32. The highest BCUT2D eigenvalue weighted by Crippen LogP contribution is 2.33. The molecule has 0 aromatic heterocycles. The number of carbonyl (C=O) groups is 1. The summed E-state index contributed by atoms with van der Waals surface area (Å²) in [5.41, 5.74) is 2.14. The van der Waals surface area contributed by atoms with Crippen molar-refractivity contribution in [3.63, 3.8) is 0 Å². The van der Waals surface area contributed by atoms with E-state index in [0.717, 1.165) is 41.3 Å². The lowest BCUT2D eigenvalue weighted by Gasteiger charge is -2.25. The van der Waals surface area contributed by atoms with Gasteiger partial charge in [-0.05, 0) is 48.2 Å². The normalized spacial score (nSPS) is 17.3. The highest BCUT2D eigenvalue weighted by molar-refractivity contribution is 6.30. The predicted octanol–water partition coefficient (Wildman–Crippen LogP) is 4.25. The number of rotatable bonds is 4. The molecule has 0 radical (unpaired) electrons. The lowest BCUT2D eigenvalue weighted by atomic mass is 10.0. The average molecular weight is 330 g/mol. The SMILES string of the molecule is COc1cccc(CC(=O)N2CCC[C@@H]2c2ccc(Cl)cc2)c1. The van der Waals surface area contributed by atoms with Gasteiger partial charge in [-0.15, -0.1) is 0 Å². The Morgan fingerprint density at radius 1 is 1.26 bits per heavy atom. The smallest absolute Gasteiger partial charge is 0.227 e. The summed E-state index contributed by atoms with van der Waals surface area (Å²) in [4.78, 5) is 14.7. The van der Waals surface area contributed by atoms with Crippen LogP contribution in [0.1, 0.15) is 30.0 Å². The maximum absolute atomic E-state index is 12.7. The topological polar surface area (TPSA) is 29.5 Å². The zero-order chi connectivity index (χ0) is 16.2. The van der Waals surface area contributed by atoms with Gasteiger partial charge >= 0.3 is 0 Å². The molecule has 23 heavy (non-hydrogen) atoms. The second kappa shape index (κ2) is 7.05. The quantitative estimate of drug-likeness (QED) is 0.839. The van der Waals surface area contributed by atoms with E-state index in [1.165, 1.54) is 0 Å². The number of hydrogen-bond donors (Lipinski definition) is 0. The van der Waals surface area contributed by atoms with Gasteiger partial charge in [0.25, 0.3) is 0 Å². The Kier molecular flexibility index (Phi) is 4.87. The monoisotopic (exact) mass is 329 g/mol. The van der Waals surface area contributed by atoms with E-state index >= 15 is 0 Å². The van der Waals surface area contributed by atoms with E-state index in [1.807, 2.05) is 53.4 Å². The van der Waals surface area contributed by atoms with Crippen LogP contribution in [-0.2, 0) is 11.2 Å². The second-order valence-electron chi connectivity index (χ2n) is 5.83. The fourth-order valence-corrected chi connectivity index (χ4v) is 3.28. The Balaban J connectivity index is 1.74. The van der Waals surface area contributed by atoms with Gasteiger partial charge in [0.2, 0.25) is 5.91 Å². The number of carbonyl (C=O) groups excluding carboxylic acids is 1. The molecule has 0 aliphatic carbocycles. The average Bonchev–Trinajstić information content (AvgIpc) is 3.05. The zero-order valence-corrected chi connectivity index (χ0v) is 13.9. The molecular weight excluding hydrogens is 310 g/mol. The van der Waals surface area contributed by atoms with E-state index in [2.05, 4.69) is 0 Å². The van der Waals surface area contributed by atoms with Gasteiger partial charge in [0.1, 0.15) is 5.75 Å². The molecule has 0 N–H and O–H groups in total. The van der Waals surface area contributed by atoms with E-state index in [1.54, 1.807) is 7.11 Å². The molecule has 1 aliphatic rings. The molecule has 4 heteroatoms. The number of halogens is 1. The Labute approximate surface area is 141 Å². The molecule has 1 heterocycles. The van der Waals surface area contributed by atoms with Crippen LogP contribution in [0.5, 0.6) is 5.75 Å². The summed E-state index contributed by atoms with van der Waals surface area (Å²) in [5.74, 6) is 0.946. The van der Waals surface area contributed by atoms with Gasteiger partial charge in [-0.3, -0.25) is 4.79 Å². The van der Waals surface area contributed by atoms with Crippen molar-refractivity contribution >= 4 is 17.5 Å². The minimum atomic E-state index is 0.158. The lowest BCUT2D eigenvalue weighted by molar-refractivity contribution is -0.131. The molecule has 2 aromatic carbocycles. The molecule has 1 amide bonds. The summed E-state index contributed by atoms with van der Waals surface area (Å²) in [5, 5.41) is 0.723. The fraction of sp³-hybridized carbons (Fsp3) is 0.316. The van der Waals surface area contributed by atoms with E-state index in [4.69, 9.17) is 16.3 Å². The minimum Gasteiger partial charge on any atom is -0.497 e. The van der Waals surface area contributed by atoms with E-state index in [0.29, 0.717) is 6.42 Å². The number of nitrogens with zero attached hydrogens (tertiary/aromatic N) is 1. The van der Waals surface area contributed by atoms with Crippen LogP contribution in [0.15, 0.2) is 48.5 Å². The number of likely N-dealkylation sites (tertiary alicyclic amines) is 1. The molecule has 120 valence electrons. The highest BCUT2D eigenvalue weighted by atomic mass is 35.5. The van der Waals surface area contributed by atoms with Crippen molar-refractivity contribution in [1.82, 2.24) is 4.90 Å². The van der Waals surface area contributed by atoms with Gasteiger partial charge in [0, 0.05) is 11.6 Å². The molecule has 1 atom stereocenters. The van der Waals surface area contributed by atoms with Crippen LogP contribution in [0.3, 0.4) is 0 Å². The first-order valence-electron chi connectivity index (χ1n) is 7.85. The molecule has 0 saturated carbocycles. The third-order valence-corrected chi connectivity index (χ3v) is 4.57. The van der Waals surface area contributed by atoms with Crippen LogP contribution < -0.4 is 4.74 Å². The summed E-state index contributed by atoms with van der Waals surface area (Å²) < 4.78 is 5.23. The first-order valence-corrected chi connectivity index (χ1v) is 8.23. The minimum absolute atomic E-state index is 0.158. The van der Waals surface area contributed by atoms with Gasteiger partial charge in [-0.2, -0.15) is 0 Å². The van der Waals surface area contributed by atoms with Crippen molar-refractivity contribution in [3.8, 4) is 5.75 Å². The molecule has 1 aliphatic heterocycles. The number of hydrogen-bond acceptors (Lipinski definition) is 2. The van der Waals surface area contributed by atoms with Crippen molar-refractivity contribution in [1.29, 1.82) is 0 Å². The first kappa shape index (κ1) is 15.9. The van der Waals surface area contributed by atoms with Crippen LogP contribution in [0, 0.1) is 0 Å². The Hall–Kier alpha value is -2.00. The van der Waals surface area contributed by atoms with Gasteiger partial charge in [-0.1, -0.05) is 35.9 Å². The number of benzene rings is 2. The van der Waals surface area contributed by atoms with E-state index < -0.39 is 0 Å². The highest BCUT2D eigenvalue weighted by Gasteiger charge is 2.29. The first-order chi connectivity index (χ1) is 11.2. The lowest BCUT2D eigenvalue weighted by Crippen LogP contribution is -2.31. The Morgan fingerprint density at radius 2 is 2.04 bits per heavy atom. The molecule has 0 unspecified atom stereocenters. The van der Waals surface area contributed by atoms with Gasteiger partial charge in [-0.25, -0.2) is 0 Å². The predicted molar refractivity (Wildman–Crippen MR) is 91.8 cm³/mol. The summed E-state index contributed by atoms with van der Waals surface area (Å²) in [6.07, 6.45) is 2.45. The second-order valence-corrected chi connectivity index (χ2v) is 6.26. The van der Waals surface area contributed by atoms with Crippen LogP contribution >= 0.6 is 11.6 Å². The summed E-state index contributed by atoms with van der Waals surface area (Å²) >= 11 is 5.96. The third kappa shape index (κ3) is 3.67. The van der Waals surface area contributed by atoms with Gasteiger partial charge < -0.3 is 9.64 Å². The Morgan fingerprint density at radius 3 is 2.78 bits per heavy atom. The zero-order valence-electron chi connectivity index (χ0n) is 13.2. The summed E-state index contributed by atoms with van der Waals surface area (Å²) in [6, 6.07) is 15.7. The molecule has 1 fully saturated rings. The van der Waals surface area contributed by atoms with Crippen molar-refractivity contribution in [3.05, 3.63) is 64.7 Å². The largest absolute Gasteiger partial charge is 0.497 e. The molecule has 3 nitrogen and oxygen atoms in total. The summed E-state index contributed by atoms with van der Waals surface area (Å²) in [7, 11) is 1.64. The molecule has 0 bridgehead atoms. The molecule has 0 spiro atoms. The summed E-state index contributed by atoms with van der Waals surface area (Å²) in [6.45, 7) is 0.816. The van der Waals surface area contributed by atoms with Crippen molar-refractivity contribution in [2.45, 2.75) is 25.3 Å². The molecular formula is C19H20ClNO2. The van der Waals surface area contributed by atoms with Crippen molar-refractivity contribution < 1.29 is 9.53 Å². The van der Waals surface area contributed by atoms with Gasteiger partial charge in [0.15, 0.2) is 0 Å². The van der Waals surface area contributed by atoms with E-state index in [9.17, 15) is 4.79 Å². The van der Waals surface area contributed by atoms with Gasteiger partial charge in [0.05, 0.1) is 19.6 Å². The van der Waals surface area contributed by atoms with Crippen molar-refractivity contribution in [2.24, 2.45) is 0 Å². The number of amides is 1. The molecule has 1 saturated heterocycles. The maximum Gasteiger partial charge on any atom is 0.227 e. The number of methoxy groups -OCH3 is 1. The maximum atomic E-state index is 12.7. The molecule has 2 aromatic rings. The van der Waals surface area contributed by atoms with Crippen molar-refractivity contribution in [2.75, 3.05) is 13.7 Å².